The van der Waals surface area contributed by atoms with Gasteiger partial charge in [0, 0.05) is 5.38 Å². The van der Waals surface area contributed by atoms with Crippen molar-refractivity contribution in [3.05, 3.63) is 74.8 Å². The highest BCUT2D eigenvalue weighted by Crippen LogP contribution is 2.27. The number of anilines is 1. The Hall–Kier alpha value is -3.34. The summed E-state index contributed by atoms with van der Waals surface area (Å²) in [6.45, 7) is 6.53. The number of thiazole rings is 1. The lowest BCUT2D eigenvalue weighted by molar-refractivity contribution is -0.112. The third-order valence-electron chi connectivity index (χ3n) is 4.41. The molecule has 1 N–H and O–H groups in total. The molecule has 0 bridgehead atoms. The third kappa shape index (κ3) is 6.33. The molecule has 0 aliphatic carbocycles. The topological polar surface area (TPSA) is 84.2 Å². The molecule has 0 unspecified atom stereocenters. The summed E-state index contributed by atoms with van der Waals surface area (Å²) in [7, 11) is 0. The molecule has 0 spiro atoms. The van der Waals surface area contributed by atoms with Crippen molar-refractivity contribution in [1.82, 2.24) is 4.98 Å². The number of carbonyl (C=O) groups excluding carboxylic acids is 1. The van der Waals surface area contributed by atoms with Crippen molar-refractivity contribution in [1.29, 1.82) is 5.26 Å². The number of aromatic nitrogens is 1. The number of nitrogens with one attached hydrogen (secondary N) is 1. The van der Waals surface area contributed by atoms with Crippen molar-refractivity contribution >= 4 is 40.1 Å². The van der Waals surface area contributed by atoms with Crippen molar-refractivity contribution < 1.29 is 14.3 Å². The van der Waals surface area contributed by atoms with Crippen LogP contribution in [0.1, 0.15) is 22.4 Å². The second-order valence-corrected chi connectivity index (χ2v) is 8.34. The quantitative estimate of drug-likeness (QED) is 0.260. The standard InChI is InChI=1S/C24H22ClN3O3S/c1-15-4-5-16(2)22(10-15)31-9-8-30-21-7-6-18(12-20(21)25)11-19(13-26)23(29)28-24-27-17(3)14-32-24/h4-7,10-12,14H,8-9H2,1-3H3,(H,27,28,29)/b19-11-. The Morgan fingerprint density at radius 3 is 2.56 bits per heavy atom. The van der Waals surface area contributed by atoms with Gasteiger partial charge in [-0.05, 0) is 61.7 Å². The van der Waals surface area contributed by atoms with Gasteiger partial charge in [0.15, 0.2) is 5.13 Å². The van der Waals surface area contributed by atoms with Crippen molar-refractivity contribution in [2.24, 2.45) is 0 Å². The van der Waals surface area contributed by atoms with Gasteiger partial charge in [-0.3, -0.25) is 10.1 Å². The van der Waals surface area contributed by atoms with Gasteiger partial charge >= 0.3 is 0 Å². The van der Waals surface area contributed by atoms with Gasteiger partial charge in [-0.1, -0.05) is 29.8 Å². The summed E-state index contributed by atoms with van der Waals surface area (Å²) < 4.78 is 11.5. The van der Waals surface area contributed by atoms with E-state index in [0.29, 0.717) is 34.7 Å². The van der Waals surface area contributed by atoms with E-state index in [1.807, 2.05) is 50.4 Å². The summed E-state index contributed by atoms with van der Waals surface area (Å²) in [5.41, 5.74) is 3.55. The Morgan fingerprint density at radius 2 is 1.91 bits per heavy atom. The summed E-state index contributed by atoms with van der Waals surface area (Å²) >= 11 is 7.62. The number of nitriles is 1. The maximum atomic E-state index is 12.3. The van der Waals surface area contributed by atoms with Crippen molar-refractivity contribution in [2.75, 3.05) is 18.5 Å². The zero-order valence-electron chi connectivity index (χ0n) is 17.9. The molecule has 0 saturated carbocycles. The van der Waals surface area contributed by atoms with E-state index in [9.17, 15) is 10.1 Å². The maximum Gasteiger partial charge on any atom is 0.268 e. The first-order valence-electron chi connectivity index (χ1n) is 9.83. The highest BCUT2D eigenvalue weighted by Gasteiger charge is 2.12. The number of nitrogens with zero attached hydrogens (tertiary/aromatic N) is 2. The molecule has 164 valence electrons. The molecule has 1 aromatic heterocycles. The Bertz CT molecular complexity index is 1200. The molecular formula is C24H22ClN3O3S. The van der Waals surface area contributed by atoms with Crippen LogP contribution >= 0.6 is 22.9 Å². The SMILES string of the molecule is Cc1ccc(C)c(OCCOc2ccc(/C=C(/C#N)C(=O)Nc3nc(C)cs3)cc2Cl)c1. The van der Waals surface area contributed by atoms with Gasteiger partial charge in [0.05, 0.1) is 10.7 Å². The molecule has 0 saturated heterocycles. The number of halogens is 1. The lowest BCUT2D eigenvalue weighted by Crippen LogP contribution is -2.13. The molecule has 8 heteroatoms. The zero-order chi connectivity index (χ0) is 23.1. The van der Waals surface area contributed by atoms with Gasteiger partial charge in [-0.25, -0.2) is 4.98 Å². The van der Waals surface area contributed by atoms with Crippen LogP contribution in [0.3, 0.4) is 0 Å². The average Bonchev–Trinajstić information content (AvgIpc) is 3.17. The fourth-order valence-electron chi connectivity index (χ4n) is 2.78. The number of benzene rings is 2. The number of carbonyl (C=O) groups is 1. The minimum Gasteiger partial charge on any atom is -0.490 e. The van der Waals surface area contributed by atoms with Crippen molar-refractivity contribution in [3.8, 4) is 17.6 Å². The van der Waals surface area contributed by atoms with E-state index in [1.54, 1.807) is 18.2 Å². The maximum absolute atomic E-state index is 12.3. The van der Waals surface area contributed by atoms with Crippen LogP contribution in [0.2, 0.25) is 5.02 Å². The first kappa shape index (κ1) is 23.3. The van der Waals surface area contributed by atoms with E-state index in [-0.39, 0.29) is 5.57 Å². The molecule has 6 nitrogen and oxygen atoms in total. The molecule has 2 aromatic carbocycles. The molecular weight excluding hydrogens is 446 g/mol. The molecule has 0 radical (unpaired) electrons. The first-order valence-corrected chi connectivity index (χ1v) is 11.1. The molecule has 3 rings (SSSR count). The number of amides is 1. The largest absolute Gasteiger partial charge is 0.490 e. The van der Waals surface area contributed by atoms with Gasteiger partial charge in [-0.2, -0.15) is 5.26 Å². The van der Waals surface area contributed by atoms with Gasteiger partial charge in [-0.15, -0.1) is 11.3 Å². The highest BCUT2D eigenvalue weighted by molar-refractivity contribution is 7.13. The third-order valence-corrected chi connectivity index (χ3v) is 5.58. The van der Waals surface area contributed by atoms with E-state index < -0.39 is 5.91 Å². The van der Waals surface area contributed by atoms with Gasteiger partial charge < -0.3 is 9.47 Å². The van der Waals surface area contributed by atoms with Crippen LogP contribution < -0.4 is 14.8 Å². The molecule has 32 heavy (non-hydrogen) atoms. The number of hydrogen-bond donors (Lipinski definition) is 1. The Kier molecular flexibility index (Phi) is 7.87. The molecule has 3 aromatic rings. The Morgan fingerprint density at radius 1 is 1.16 bits per heavy atom. The number of ether oxygens (including phenoxy) is 2. The minimum absolute atomic E-state index is 0.0514. The Balaban J connectivity index is 1.59. The van der Waals surface area contributed by atoms with Crippen LogP contribution in [0.5, 0.6) is 11.5 Å². The molecule has 0 atom stereocenters. The summed E-state index contributed by atoms with van der Waals surface area (Å²) in [6.07, 6.45) is 1.47. The minimum atomic E-state index is -0.526. The first-order chi connectivity index (χ1) is 15.4. The van der Waals surface area contributed by atoms with Crippen LogP contribution in [0.15, 0.2) is 47.4 Å². The summed E-state index contributed by atoms with van der Waals surface area (Å²) in [4.78, 5) is 16.5. The van der Waals surface area contributed by atoms with E-state index in [4.69, 9.17) is 21.1 Å². The molecule has 1 heterocycles. The van der Waals surface area contributed by atoms with Gasteiger partial charge in [0.25, 0.3) is 5.91 Å². The van der Waals surface area contributed by atoms with Crippen molar-refractivity contribution in [2.45, 2.75) is 20.8 Å². The van der Waals surface area contributed by atoms with Gasteiger partial charge in [0.1, 0.15) is 36.4 Å². The van der Waals surface area contributed by atoms with Crippen LogP contribution in [0.4, 0.5) is 5.13 Å². The fourth-order valence-corrected chi connectivity index (χ4v) is 3.71. The molecule has 0 aliphatic rings. The summed E-state index contributed by atoms with van der Waals surface area (Å²) in [6, 6.07) is 13.0. The zero-order valence-corrected chi connectivity index (χ0v) is 19.5. The Labute approximate surface area is 196 Å². The molecule has 0 fully saturated rings. The smallest absolute Gasteiger partial charge is 0.268 e. The number of rotatable bonds is 8. The predicted molar refractivity (Wildman–Crippen MR) is 127 cm³/mol. The number of aryl methyl sites for hydroxylation is 3. The monoisotopic (exact) mass is 467 g/mol. The average molecular weight is 468 g/mol. The van der Waals surface area contributed by atoms with E-state index in [1.165, 1.54) is 17.4 Å². The van der Waals surface area contributed by atoms with E-state index in [0.717, 1.165) is 22.6 Å². The van der Waals surface area contributed by atoms with E-state index >= 15 is 0 Å². The fraction of sp³-hybridized carbons (Fsp3) is 0.208. The van der Waals surface area contributed by atoms with Crippen molar-refractivity contribution in [3.63, 3.8) is 0 Å². The van der Waals surface area contributed by atoms with Crippen LogP contribution in [-0.2, 0) is 4.79 Å². The predicted octanol–water partition coefficient (Wildman–Crippen LogP) is 5.73. The normalized spacial score (nSPS) is 11.0. The summed E-state index contributed by atoms with van der Waals surface area (Å²) in [5, 5.41) is 14.6. The van der Waals surface area contributed by atoms with Crippen LogP contribution in [0, 0.1) is 32.1 Å². The van der Waals surface area contributed by atoms with Gasteiger partial charge in [0.2, 0.25) is 0 Å². The molecule has 1 amide bonds. The molecule has 0 aliphatic heterocycles. The second-order valence-electron chi connectivity index (χ2n) is 7.07. The van der Waals surface area contributed by atoms with Crippen LogP contribution in [0.25, 0.3) is 6.08 Å². The summed E-state index contributed by atoms with van der Waals surface area (Å²) in [5.74, 6) is 0.798. The lowest BCUT2D eigenvalue weighted by Gasteiger charge is -2.12. The highest BCUT2D eigenvalue weighted by atomic mass is 35.5. The second kappa shape index (κ2) is 10.8. The number of hydrogen-bond acceptors (Lipinski definition) is 6. The van der Waals surface area contributed by atoms with Crippen LogP contribution in [-0.4, -0.2) is 24.1 Å². The van der Waals surface area contributed by atoms with E-state index in [2.05, 4.69) is 10.3 Å². The lowest BCUT2D eigenvalue weighted by atomic mass is 10.1.